The van der Waals surface area contributed by atoms with Crippen molar-refractivity contribution >= 4 is 5.91 Å². The number of nitrogens with two attached hydrogens (primary N) is 2. The molecular formula is C24H37FN6O3. The van der Waals surface area contributed by atoms with Crippen LogP contribution in [0.25, 0.3) is 0 Å². The molecule has 0 bridgehead atoms. The van der Waals surface area contributed by atoms with Crippen LogP contribution in [0.15, 0.2) is 72.3 Å². The number of amides is 1. The zero-order valence-electron chi connectivity index (χ0n) is 20.1. The normalized spacial score (nSPS) is 19.6. The minimum Gasteiger partial charge on any atom is -0.489 e. The zero-order valence-corrected chi connectivity index (χ0v) is 20.1. The number of hydrazine groups is 1. The van der Waals surface area contributed by atoms with E-state index in [0.29, 0.717) is 43.1 Å². The summed E-state index contributed by atoms with van der Waals surface area (Å²) in [5.41, 5.74) is 9.62. The first-order valence-corrected chi connectivity index (χ1v) is 11.1. The number of hydrogen-bond donors (Lipinski definition) is 5. The van der Waals surface area contributed by atoms with Crippen LogP contribution in [-0.4, -0.2) is 65.2 Å². The van der Waals surface area contributed by atoms with Crippen molar-refractivity contribution in [2.24, 2.45) is 11.6 Å². The maximum absolute atomic E-state index is 14.7. The van der Waals surface area contributed by atoms with Gasteiger partial charge in [0, 0.05) is 32.3 Å². The first kappa shape index (κ1) is 27.0. The molecule has 188 valence electrons. The van der Waals surface area contributed by atoms with Gasteiger partial charge < -0.3 is 36.1 Å². The number of halogens is 1. The van der Waals surface area contributed by atoms with Crippen molar-refractivity contribution in [1.82, 2.24) is 20.5 Å². The molecular weight excluding hydrogens is 439 g/mol. The Morgan fingerprint density at radius 1 is 1.26 bits per heavy atom. The molecule has 1 saturated heterocycles. The van der Waals surface area contributed by atoms with Crippen LogP contribution in [0.3, 0.4) is 0 Å². The van der Waals surface area contributed by atoms with Gasteiger partial charge in [0.05, 0.1) is 17.6 Å². The Morgan fingerprint density at radius 3 is 2.35 bits per heavy atom. The van der Waals surface area contributed by atoms with Gasteiger partial charge in [-0.1, -0.05) is 19.7 Å². The topological polar surface area (TPSA) is 129 Å². The molecule has 1 atom stereocenters. The Kier molecular flexibility index (Phi) is 9.34. The van der Waals surface area contributed by atoms with Crippen molar-refractivity contribution in [2.45, 2.75) is 38.3 Å². The third-order valence-electron chi connectivity index (χ3n) is 5.97. The van der Waals surface area contributed by atoms with Crippen molar-refractivity contribution in [3.63, 3.8) is 0 Å². The third kappa shape index (κ3) is 7.13. The Morgan fingerprint density at radius 2 is 1.85 bits per heavy atom. The Bertz CT molecular complexity index is 898. The Labute approximate surface area is 200 Å². The maximum Gasteiger partial charge on any atom is 0.248 e. The smallest absolute Gasteiger partial charge is 0.248 e. The van der Waals surface area contributed by atoms with Gasteiger partial charge in [0.1, 0.15) is 18.0 Å². The SMILES string of the molecule is C=CN[C@H](/C=C(\N)N1CCN(C(=O)CO)CC1)C(=C)C(=C)/C(=C\C(F)=C(/C)OC1(C)CC1)NN. The van der Waals surface area contributed by atoms with E-state index in [9.17, 15) is 9.18 Å². The summed E-state index contributed by atoms with van der Waals surface area (Å²) < 4.78 is 20.4. The van der Waals surface area contributed by atoms with Crippen LogP contribution in [0.4, 0.5) is 4.39 Å². The van der Waals surface area contributed by atoms with Crippen molar-refractivity contribution in [2.75, 3.05) is 32.8 Å². The molecule has 9 nitrogen and oxygen atoms in total. The monoisotopic (exact) mass is 476 g/mol. The number of carbonyl (C=O) groups is 1. The molecule has 0 spiro atoms. The number of nitrogens with one attached hydrogen (secondary N) is 2. The Balaban J connectivity index is 2.13. The molecule has 34 heavy (non-hydrogen) atoms. The van der Waals surface area contributed by atoms with E-state index in [0.717, 1.165) is 12.8 Å². The summed E-state index contributed by atoms with van der Waals surface area (Å²) in [7, 11) is 0. The molecule has 1 amide bonds. The number of aliphatic hydroxyl groups excluding tert-OH is 1. The summed E-state index contributed by atoms with van der Waals surface area (Å²) in [6.07, 6.45) is 6.26. The second-order valence-corrected chi connectivity index (χ2v) is 8.63. The summed E-state index contributed by atoms with van der Waals surface area (Å²) in [6.45, 7) is 16.8. The predicted octanol–water partition coefficient (Wildman–Crippen LogP) is 1.25. The number of nitrogens with zero attached hydrogens (tertiary/aromatic N) is 2. The number of ether oxygens (including phenoxy) is 1. The van der Waals surface area contributed by atoms with E-state index in [4.69, 9.17) is 21.4 Å². The van der Waals surface area contributed by atoms with E-state index >= 15 is 0 Å². The Hall–Kier alpha value is -3.24. The number of hydrogen-bond acceptors (Lipinski definition) is 8. The van der Waals surface area contributed by atoms with Gasteiger partial charge in [0.15, 0.2) is 5.83 Å². The number of piperazine rings is 1. The standard InChI is InChI=1S/C24H37FN6O3/c1-6-28-20(14-22(26)30-9-11-31(12-10-30)23(33)15-32)16(2)17(3)21(29-27)13-19(25)18(4)34-24(5)7-8-24/h6,13-14,20,28-29,32H,1-3,7-12,15,26-27H2,4-5H3/b19-18-,21-13+,22-14+/t20-/m1/s1. The number of aliphatic hydroxyl groups is 1. The molecule has 1 heterocycles. The number of carbonyl (C=O) groups excluding carboxylic acids is 1. The van der Waals surface area contributed by atoms with E-state index in [1.54, 1.807) is 17.9 Å². The minimum atomic E-state index is -0.561. The lowest BCUT2D eigenvalue weighted by Crippen LogP contribution is -2.50. The fourth-order valence-corrected chi connectivity index (χ4v) is 3.47. The molecule has 2 rings (SSSR count). The van der Waals surface area contributed by atoms with E-state index in [2.05, 4.69) is 30.5 Å². The average molecular weight is 477 g/mol. The highest BCUT2D eigenvalue weighted by molar-refractivity contribution is 5.77. The van der Waals surface area contributed by atoms with E-state index in [1.165, 1.54) is 12.3 Å². The van der Waals surface area contributed by atoms with Crippen LogP contribution in [-0.2, 0) is 9.53 Å². The van der Waals surface area contributed by atoms with Gasteiger partial charge in [-0.2, -0.15) is 0 Å². The first-order chi connectivity index (χ1) is 16.0. The maximum atomic E-state index is 14.7. The van der Waals surface area contributed by atoms with Crippen LogP contribution in [0.2, 0.25) is 0 Å². The van der Waals surface area contributed by atoms with Crippen molar-refractivity contribution in [3.05, 3.63) is 72.3 Å². The van der Waals surface area contributed by atoms with Crippen molar-refractivity contribution in [3.8, 4) is 0 Å². The van der Waals surface area contributed by atoms with Crippen LogP contribution in [0, 0.1) is 0 Å². The minimum absolute atomic E-state index is 0.176. The molecule has 0 unspecified atom stereocenters. The lowest BCUT2D eigenvalue weighted by Gasteiger charge is -2.36. The van der Waals surface area contributed by atoms with E-state index in [1.807, 2.05) is 11.8 Å². The second-order valence-electron chi connectivity index (χ2n) is 8.63. The average Bonchev–Trinajstić information content (AvgIpc) is 3.56. The van der Waals surface area contributed by atoms with Crippen molar-refractivity contribution < 1.29 is 19.0 Å². The highest BCUT2D eigenvalue weighted by Gasteiger charge is 2.40. The fourth-order valence-electron chi connectivity index (χ4n) is 3.47. The number of rotatable bonds is 12. The van der Waals surface area contributed by atoms with Gasteiger partial charge in [0.25, 0.3) is 0 Å². The molecule has 0 aromatic rings. The quantitative estimate of drug-likeness (QED) is 0.123. The summed E-state index contributed by atoms with van der Waals surface area (Å²) in [5, 5.41) is 12.1. The summed E-state index contributed by atoms with van der Waals surface area (Å²) in [5.74, 6) is 5.44. The van der Waals surface area contributed by atoms with Gasteiger partial charge >= 0.3 is 0 Å². The molecule has 0 aromatic heterocycles. The first-order valence-electron chi connectivity index (χ1n) is 11.1. The number of allylic oxidation sites excluding steroid dienone is 4. The molecule has 0 aromatic carbocycles. The molecule has 2 aliphatic rings. The van der Waals surface area contributed by atoms with Gasteiger partial charge in [0.2, 0.25) is 5.91 Å². The fraction of sp³-hybridized carbons (Fsp3) is 0.458. The molecule has 1 aliphatic heterocycles. The molecule has 2 fully saturated rings. The lowest BCUT2D eigenvalue weighted by molar-refractivity contribution is -0.135. The van der Waals surface area contributed by atoms with E-state index < -0.39 is 18.5 Å². The molecule has 0 radical (unpaired) electrons. The van der Waals surface area contributed by atoms with Gasteiger partial charge in [-0.05, 0) is 50.1 Å². The summed E-state index contributed by atoms with van der Waals surface area (Å²) in [4.78, 5) is 15.2. The molecule has 10 heteroatoms. The lowest BCUT2D eigenvalue weighted by atomic mass is 9.98. The van der Waals surface area contributed by atoms with Gasteiger partial charge in [-0.3, -0.25) is 10.6 Å². The molecule has 7 N–H and O–H groups in total. The third-order valence-corrected chi connectivity index (χ3v) is 5.97. The summed E-state index contributed by atoms with van der Waals surface area (Å²) in [6, 6.07) is -0.492. The highest BCUT2D eigenvalue weighted by Crippen LogP contribution is 2.41. The van der Waals surface area contributed by atoms with Gasteiger partial charge in [-0.15, -0.1) is 0 Å². The van der Waals surface area contributed by atoms with Crippen molar-refractivity contribution in [1.29, 1.82) is 0 Å². The second kappa shape index (κ2) is 11.8. The van der Waals surface area contributed by atoms with Crippen LogP contribution in [0.5, 0.6) is 0 Å². The van der Waals surface area contributed by atoms with Gasteiger partial charge in [-0.25, -0.2) is 4.39 Å². The molecule has 1 aliphatic carbocycles. The zero-order chi connectivity index (χ0) is 25.5. The largest absolute Gasteiger partial charge is 0.489 e. The summed E-state index contributed by atoms with van der Waals surface area (Å²) >= 11 is 0. The predicted molar refractivity (Wildman–Crippen MR) is 131 cm³/mol. The van der Waals surface area contributed by atoms with Crippen LogP contribution >= 0.6 is 0 Å². The van der Waals surface area contributed by atoms with Crippen LogP contribution in [0.1, 0.15) is 26.7 Å². The highest BCUT2D eigenvalue weighted by atomic mass is 19.1. The molecule has 1 saturated carbocycles. The van der Waals surface area contributed by atoms with E-state index in [-0.39, 0.29) is 23.0 Å². The van der Waals surface area contributed by atoms with Crippen LogP contribution < -0.4 is 22.3 Å².